The molecule has 0 amide bonds. The quantitative estimate of drug-likeness (QED) is 0.353. The molecule has 4 aromatic rings. The summed E-state index contributed by atoms with van der Waals surface area (Å²) in [6.45, 7) is 3.79. The number of piperazine rings is 1. The molecule has 3 heterocycles. The minimum atomic E-state index is -1.01. The average molecular weight is 540 g/mol. The van der Waals surface area contributed by atoms with Crippen molar-refractivity contribution in [3.8, 4) is 11.6 Å². The zero-order valence-electron chi connectivity index (χ0n) is 21.0. The molecule has 38 heavy (non-hydrogen) atoms. The highest BCUT2D eigenvalue weighted by atomic mass is 35.5. The molecule has 0 saturated carbocycles. The molecule has 2 aromatic heterocycles. The van der Waals surface area contributed by atoms with Gasteiger partial charge in [0, 0.05) is 49.9 Å². The number of carbonyl (C=O) groups is 1. The minimum Gasteiger partial charge on any atom is -0.494 e. The molecule has 2 aromatic carbocycles. The second kappa shape index (κ2) is 10.8. The lowest BCUT2D eigenvalue weighted by Crippen LogP contribution is -2.46. The van der Waals surface area contributed by atoms with E-state index in [0.29, 0.717) is 34.3 Å². The number of methoxy groups -OCH3 is 1. The molecular weight excluding hydrogens is 513 g/mol. The summed E-state index contributed by atoms with van der Waals surface area (Å²) in [6.07, 6.45) is 0. The van der Waals surface area contributed by atoms with Crippen LogP contribution in [0.5, 0.6) is 11.6 Å². The lowest BCUT2D eigenvalue weighted by Gasteiger charge is -2.35. The van der Waals surface area contributed by atoms with Gasteiger partial charge in [0.05, 0.1) is 24.7 Å². The van der Waals surface area contributed by atoms with Crippen LogP contribution in [-0.2, 0) is 20.2 Å². The van der Waals surface area contributed by atoms with E-state index >= 15 is 0 Å². The van der Waals surface area contributed by atoms with Crippen LogP contribution in [0.25, 0.3) is 11.0 Å². The van der Waals surface area contributed by atoms with Gasteiger partial charge in [0.1, 0.15) is 35.3 Å². The van der Waals surface area contributed by atoms with Gasteiger partial charge in [-0.2, -0.15) is 4.98 Å². The number of hydrogen-bond acceptors (Lipinski definition) is 7. The number of aryl methyl sites for hydroxylation is 1. The number of halogens is 2. The Labute approximate surface area is 224 Å². The Bertz CT molecular complexity index is 1490. The molecule has 1 saturated heterocycles. The fraction of sp³-hybridized carbons (Fsp3) is 0.296. The predicted molar refractivity (Wildman–Crippen MR) is 142 cm³/mol. The molecule has 1 fully saturated rings. The van der Waals surface area contributed by atoms with Crippen LogP contribution < -0.4 is 14.4 Å². The second-order valence-corrected chi connectivity index (χ2v) is 9.50. The van der Waals surface area contributed by atoms with Crippen LogP contribution >= 0.6 is 11.6 Å². The van der Waals surface area contributed by atoms with E-state index in [2.05, 4.69) is 14.8 Å². The molecule has 11 heteroatoms. The van der Waals surface area contributed by atoms with E-state index in [9.17, 15) is 14.3 Å². The number of fused-ring (bicyclic) bond motifs is 1. The van der Waals surface area contributed by atoms with E-state index in [4.69, 9.17) is 26.1 Å². The van der Waals surface area contributed by atoms with Crippen molar-refractivity contribution in [3.05, 3.63) is 76.3 Å². The van der Waals surface area contributed by atoms with Gasteiger partial charge in [-0.15, -0.1) is 0 Å². The van der Waals surface area contributed by atoms with E-state index in [-0.39, 0.29) is 12.2 Å². The zero-order valence-corrected chi connectivity index (χ0v) is 21.8. The number of aromatic carboxylic acids is 1. The second-order valence-electron chi connectivity index (χ2n) is 9.06. The van der Waals surface area contributed by atoms with Crippen molar-refractivity contribution in [2.45, 2.75) is 13.2 Å². The largest absolute Gasteiger partial charge is 0.494 e. The molecule has 198 valence electrons. The van der Waals surface area contributed by atoms with Crippen molar-refractivity contribution in [1.82, 2.24) is 19.4 Å². The van der Waals surface area contributed by atoms with E-state index in [0.717, 1.165) is 43.3 Å². The number of benzene rings is 2. The lowest BCUT2D eigenvalue weighted by atomic mass is 10.2. The van der Waals surface area contributed by atoms with E-state index in [1.165, 1.54) is 19.2 Å². The number of anilines is 1. The molecule has 9 nitrogen and oxygen atoms in total. The van der Waals surface area contributed by atoms with Gasteiger partial charge in [0.2, 0.25) is 5.88 Å². The first-order valence-electron chi connectivity index (χ1n) is 12.1. The van der Waals surface area contributed by atoms with Crippen molar-refractivity contribution in [2.24, 2.45) is 7.05 Å². The van der Waals surface area contributed by atoms with Gasteiger partial charge in [-0.25, -0.2) is 14.2 Å². The number of pyridine rings is 1. The normalized spacial score (nSPS) is 14.2. The number of imidazole rings is 1. The summed E-state index contributed by atoms with van der Waals surface area (Å²) in [6, 6.07) is 13.2. The highest BCUT2D eigenvalue weighted by molar-refractivity contribution is 6.30. The molecule has 1 aliphatic heterocycles. The van der Waals surface area contributed by atoms with Crippen LogP contribution in [0, 0.1) is 5.82 Å². The smallest absolute Gasteiger partial charge is 0.335 e. The molecule has 0 spiro atoms. The number of carboxylic acids is 1. The first-order chi connectivity index (χ1) is 18.3. The summed E-state index contributed by atoms with van der Waals surface area (Å²) in [5, 5.41) is 9.77. The minimum absolute atomic E-state index is 0.0595. The van der Waals surface area contributed by atoms with E-state index < -0.39 is 11.8 Å². The Morgan fingerprint density at radius 1 is 1.11 bits per heavy atom. The lowest BCUT2D eigenvalue weighted by molar-refractivity contribution is 0.0696. The third kappa shape index (κ3) is 5.36. The number of nitrogens with zero attached hydrogens (tertiary/aromatic N) is 5. The topological polar surface area (TPSA) is 93.0 Å². The SMILES string of the molecule is COc1cc(C(=O)O)cc2c1nc(CN1CCN(c3cccc(OCc4ccc(Cl)cc4F)n3)CC1)n2C. The van der Waals surface area contributed by atoms with Gasteiger partial charge < -0.3 is 24.0 Å². The highest BCUT2D eigenvalue weighted by Crippen LogP contribution is 2.28. The fourth-order valence-corrected chi connectivity index (χ4v) is 4.67. The van der Waals surface area contributed by atoms with Crippen LogP contribution in [0.2, 0.25) is 5.02 Å². The zero-order chi connectivity index (χ0) is 26.8. The highest BCUT2D eigenvalue weighted by Gasteiger charge is 2.22. The van der Waals surface area contributed by atoms with Crippen molar-refractivity contribution >= 4 is 34.4 Å². The van der Waals surface area contributed by atoms with Gasteiger partial charge in [0.25, 0.3) is 0 Å². The van der Waals surface area contributed by atoms with E-state index in [1.807, 2.05) is 23.7 Å². The summed E-state index contributed by atoms with van der Waals surface area (Å²) in [5.74, 6) is 1.08. The Morgan fingerprint density at radius 3 is 2.61 bits per heavy atom. The third-order valence-corrected chi connectivity index (χ3v) is 6.91. The molecular formula is C27H27ClFN5O4. The molecule has 0 atom stereocenters. The Kier molecular flexibility index (Phi) is 7.35. The number of aromatic nitrogens is 3. The fourth-order valence-electron chi connectivity index (χ4n) is 4.51. The third-order valence-electron chi connectivity index (χ3n) is 6.67. The maximum absolute atomic E-state index is 14.1. The predicted octanol–water partition coefficient (Wildman–Crippen LogP) is 4.37. The summed E-state index contributed by atoms with van der Waals surface area (Å²) in [7, 11) is 3.40. The van der Waals surface area contributed by atoms with Crippen molar-refractivity contribution in [2.75, 3.05) is 38.2 Å². The molecule has 0 radical (unpaired) electrons. The standard InChI is InChI=1S/C27H27ClFN5O4/c1-32-21-12-18(27(35)36)13-22(37-2)26(21)31-24(32)15-33-8-10-34(11-9-33)23-4-3-5-25(30-23)38-16-17-6-7-19(28)14-20(17)29/h3-7,12-14H,8-11,15-16H2,1-2H3,(H,35,36). The Balaban J connectivity index is 1.22. The molecule has 5 rings (SSSR count). The van der Waals surface area contributed by atoms with Crippen LogP contribution in [0.15, 0.2) is 48.5 Å². The van der Waals surface area contributed by atoms with Crippen LogP contribution in [0.4, 0.5) is 10.2 Å². The van der Waals surface area contributed by atoms with Crippen LogP contribution in [0.3, 0.4) is 0 Å². The summed E-state index contributed by atoms with van der Waals surface area (Å²) >= 11 is 5.82. The number of hydrogen-bond donors (Lipinski definition) is 1. The van der Waals surface area contributed by atoms with Gasteiger partial charge >= 0.3 is 5.97 Å². The number of carboxylic acid groups (broad SMARTS) is 1. The van der Waals surface area contributed by atoms with Gasteiger partial charge in [-0.05, 0) is 30.3 Å². The number of ether oxygens (including phenoxy) is 2. The van der Waals surface area contributed by atoms with Crippen LogP contribution in [0.1, 0.15) is 21.7 Å². The van der Waals surface area contributed by atoms with Crippen molar-refractivity contribution in [1.29, 1.82) is 0 Å². The first-order valence-corrected chi connectivity index (χ1v) is 12.5. The van der Waals surface area contributed by atoms with Crippen LogP contribution in [-0.4, -0.2) is 63.8 Å². The number of rotatable bonds is 8. The summed E-state index contributed by atoms with van der Waals surface area (Å²) < 4.78 is 27.1. The Morgan fingerprint density at radius 2 is 1.89 bits per heavy atom. The van der Waals surface area contributed by atoms with Gasteiger partial charge in [-0.3, -0.25) is 4.90 Å². The summed E-state index contributed by atoms with van der Waals surface area (Å²) in [4.78, 5) is 25.4. The molecule has 1 N–H and O–H groups in total. The maximum Gasteiger partial charge on any atom is 0.335 e. The van der Waals surface area contributed by atoms with E-state index in [1.54, 1.807) is 24.3 Å². The van der Waals surface area contributed by atoms with Gasteiger partial charge in [-0.1, -0.05) is 23.7 Å². The molecule has 0 aliphatic carbocycles. The molecule has 0 unspecified atom stereocenters. The molecule has 0 bridgehead atoms. The maximum atomic E-state index is 14.1. The Hall–Kier alpha value is -3.89. The average Bonchev–Trinajstić information content (AvgIpc) is 3.23. The first kappa shape index (κ1) is 25.7. The molecule has 1 aliphatic rings. The van der Waals surface area contributed by atoms with Crippen molar-refractivity contribution in [3.63, 3.8) is 0 Å². The monoisotopic (exact) mass is 539 g/mol. The van der Waals surface area contributed by atoms with Crippen molar-refractivity contribution < 1.29 is 23.8 Å². The van der Waals surface area contributed by atoms with Gasteiger partial charge in [0.15, 0.2) is 0 Å². The summed E-state index contributed by atoms with van der Waals surface area (Å²) in [5.41, 5.74) is 1.94.